The standard InChI is InChI=1S/C30H35N5O4/c1-21(20-37-2)38-25-17-23(28-33-27-7-5-12-31-29(27)34-28)18-26(19-25)39-24-10-8-22(9-11-24)30(36)32-13-6-16-35-14-3-4-15-35/h5,7-12,17-19,21H,3-4,6,13-16,20H2,1-2H3,(H,32,36)(H,31,33,34). The number of H-pyrrole nitrogens is 1. The molecular weight excluding hydrogens is 494 g/mol. The number of imidazole rings is 1. The Bertz CT molecular complexity index is 1350. The highest BCUT2D eigenvalue weighted by molar-refractivity contribution is 5.94. The average Bonchev–Trinajstić information content (AvgIpc) is 3.61. The Kier molecular flexibility index (Phi) is 8.70. The van der Waals surface area contributed by atoms with Crippen LogP contribution in [0.4, 0.5) is 0 Å². The zero-order valence-electron chi connectivity index (χ0n) is 22.5. The highest BCUT2D eigenvalue weighted by Gasteiger charge is 2.14. The molecule has 9 heteroatoms. The summed E-state index contributed by atoms with van der Waals surface area (Å²) in [5, 5.41) is 3.02. The van der Waals surface area contributed by atoms with E-state index in [-0.39, 0.29) is 12.0 Å². The maximum absolute atomic E-state index is 12.6. The normalized spacial score (nSPS) is 14.4. The Morgan fingerprint density at radius 3 is 2.64 bits per heavy atom. The molecule has 3 heterocycles. The third kappa shape index (κ3) is 7.13. The molecule has 1 atom stereocenters. The van der Waals surface area contributed by atoms with E-state index in [9.17, 15) is 4.79 Å². The Labute approximate surface area is 228 Å². The lowest BCUT2D eigenvalue weighted by molar-refractivity contribution is 0.0920. The van der Waals surface area contributed by atoms with Gasteiger partial charge in [-0.3, -0.25) is 4.79 Å². The third-order valence-corrected chi connectivity index (χ3v) is 6.64. The minimum Gasteiger partial charge on any atom is -0.488 e. The molecule has 1 saturated heterocycles. The maximum Gasteiger partial charge on any atom is 0.251 e. The SMILES string of the molecule is COCC(C)Oc1cc(Oc2ccc(C(=O)NCCCN3CCCC3)cc2)cc(-c2nc3cccnc3[nH]2)c1. The van der Waals surface area contributed by atoms with Gasteiger partial charge in [0.15, 0.2) is 5.65 Å². The summed E-state index contributed by atoms with van der Waals surface area (Å²) in [6, 6.07) is 16.5. The number of hydrogen-bond donors (Lipinski definition) is 2. The number of carbonyl (C=O) groups is 1. The van der Waals surface area contributed by atoms with Crippen LogP contribution in [0, 0.1) is 0 Å². The van der Waals surface area contributed by atoms with E-state index in [1.165, 1.54) is 25.9 Å². The third-order valence-electron chi connectivity index (χ3n) is 6.64. The minimum absolute atomic E-state index is 0.0775. The second-order valence-corrected chi connectivity index (χ2v) is 9.82. The Morgan fingerprint density at radius 2 is 1.87 bits per heavy atom. The summed E-state index contributed by atoms with van der Waals surface area (Å²) in [7, 11) is 1.64. The zero-order valence-corrected chi connectivity index (χ0v) is 22.5. The molecule has 1 fully saturated rings. The average molecular weight is 530 g/mol. The lowest BCUT2D eigenvalue weighted by atomic mass is 10.1. The lowest BCUT2D eigenvalue weighted by Crippen LogP contribution is -2.28. The fourth-order valence-electron chi connectivity index (χ4n) is 4.74. The molecule has 5 rings (SSSR count). The van der Waals surface area contributed by atoms with Crippen LogP contribution in [0.3, 0.4) is 0 Å². The predicted molar refractivity (Wildman–Crippen MR) is 150 cm³/mol. The lowest BCUT2D eigenvalue weighted by Gasteiger charge is -2.16. The fraction of sp³-hybridized carbons (Fsp3) is 0.367. The van der Waals surface area contributed by atoms with Crippen molar-refractivity contribution >= 4 is 17.1 Å². The number of amides is 1. The van der Waals surface area contributed by atoms with E-state index in [0.29, 0.717) is 47.4 Å². The smallest absolute Gasteiger partial charge is 0.251 e. The summed E-state index contributed by atoms with van der Waals surface area (Å²) in [5.41, 5.74) is 2.89. The van der Waals surface area contributed by atoms with Gasteiger partial charge >= 0.3 is 0 Å². The molecule has 1 amide bonds. The van der Waals surface area contributed by atoms with Gasteiger partial charge in [0.05, 0.1) is 6.61 Å². The molecule has 0 radical (unpaired) electrons. The van der Waals surface area contributed by atoms with E-state index in [1.807, 2.05) is 37.3 Å². The van der Waals surface area contributed by atoms with E-state index in [0.717, 1.165) is 24.0 Å². The van der Waals surface area contributed by atoms with Crippen molar-refractivity contribution in [2.45, 2.75) is 32.3 Å². The number of ether oxygens (including phenoxy) is 3. The van der Waals surface area contributed by atoms with Crippen LogP contribution in [0.15, 0.2) is 60.8 Å². The molecule has 204 valence electrons. The van der Waals surface area contributed by atoms with E-state index >= 15 is 0 Å². The number of fused-ring (bicyclic) bond motifs is 1. The van der Waals surface area contributed by atoms with E-state index in [1.54, 1.807) is 37.6 Å². The first-order valence-electron chi connectivity index (χ1n) is 13.5. The van der Waals surface area contributed by atoms with Gasteiger partial charge in [0.2, 0.25) is 0 Å². The van der Waals surface area contributed by atoms with Gasteiger partial charge < -0.3 is 29.4 Å². The molecule has 1 aliphatic rings. The maximum atomic E-state index is 12.6. The molecule has 0 spiro atoms. The highest BCUT2D eigenvalue weighted by atomic mass is 16.5. The highest BCUT2D eigenvalue weighted by Crippen LogP contribution is 2.32. The van der Waals surface area contributed by atoms with Gasteiger partial charge in [-0.25, -0.2) is 9.97 Å². The van der Waals surface area contributed by atoms with Gasteiger partial charge in [0, 0.05) is 37.0 Å². The van der Waals surface area contributed by atoms with E-state index in [2.05, 4.69) is 25.2 Å². The number of hydrogen-bond acceptors (Lipinski definition) is 7. The number of likely N-dealkylation sites (tertiary alicyclic amines) is 1. The first-order valence-corrected chi connectivity index (χ1v) is 13.5. The van der Waals surface area contributed by atoms with E-state index < -0.39 is 0 Å². The fourth-order valence-corrected chi connectivity index (χ4v) is 4.74. The van der Waals surface area contributed by atoms with Crippen molar-refractivity contribution in [2.75, 3.05) is 39.9 Å². The summed E-state index contributed by atoms with van der Waals surface area (Å²) >= 11 is 0. The summed E-state index contributed by atoms with van der Waals surface area (Å²) in [5.74, 6) is 2.41. The molecule has 0 saturated carbocycles. The first-order chi connectivity index (χ1) is 19.1. The molecular formula is C30H35N5O4. The van der Waals surface area contributed by atoms with Gasteiger partial charge in [-0.2, -0.15) is 0 Å². The van der Waals surface area contributed by atoms with Crippen molar-refractivity contribution < 1.29 is 19.0 Å². The zero-order chi connectivity index (χ0) is 27.0. The molecule has 4 aromatic rings. The molecule has 1 unspecified atom stereocenters. The minimum atomic E-state index is -0.149. The number of rotatable bonds is 12. The van der Waals surface area contributed by atoms with Crippen molar-refractivity contribution in [3.63, 3.8) is 0 Å². The van der Waals surface area contributed by atoms with Crippen molar-refractivity contribution in [1.29, 1.82) is 0 Å². The number of nitrogens with one attached hydrogen (secondary N) is 2. The van der Waals surface area contributed by atoms with Crippen LogP contribution in [0.2, 0.25) is 0 Å². The number of carbonyl (C=O) groups excluding carboxylic acids is 1. The van der Waals surface area contributed by atoms with E-state index in [4.69, 9.17) is 14.2 Å². The quantitative estimate of drug-likeness (QED) is 0.248. The summed E-state index contributed by atoms with van der Waals surface area (Å²) in [6.45, 7) is 6.45. The van der Waals surface area contributed by atoms with Crippen LogP contribution in [-0.2, 0) is 4.74 Å². The Hall–Kier alpha value is -3.95. The molecule has 39 heavy (non-hydrogen) atoms. The molecule has 2 aromatic heterocycles. The Balaban J connectivity index is 1.27. The van der Waals surface area contributed by atoms with Gasteiger partial charge in [0.25, 0.3) is 5.91 Å². The van der Waals surface area contributed by atoms with Crippen LogP contribution < -0.4 is 14.8 Å². The first kappa shape index (κ1) is 26.6. The molecule has 9 nitrogen and oxygen atoms in total. The summed E-state index contributed by atoms with van der Waals surface area (Å²) in [4.78, 5) is 27.3. The summed E-state index contributed by atoms with van der Waals surface area (Å²) < 4.78 is 17.5. The van der Waals surface area contributed by atoms with Gasteiger partial charge in [-0.1, -0.05) is 0 Å². The topological polar surface area (TPSA) is 102 Å². The number of aromatic amines is 1. The van der Waals surface area contributed by atoms with Gasteiger partial charge in [-0.15, -0.1) is 0 Å². The monoisotopic (exact) mass is 529 g/mol. The van der Waals surface area contributed by atoms with Crippen LogP contribution in [0.25, 0.3) is 22.6 Å². The van der Waals surface area contributed by atoms with Gasteiger partial charge in [0.1, 0.15) is 34.7 Å². The molecule has 2 aromatic carbocycles. The number of methoxy groups -OCH3 is 1. The van der Waals surface area contributed by atoms with Crippen molar-refractivity contribution in [2.24, 2.45) is 0 Å². The van der Waals surface area contributed by atoms with Gasteiger partial charge in [-0.05, 0) is 94.4 Å². The summed E-state index contributed by atoms with van der Waals surface area (Å²) in [6.07, 6.45) is 5.10. The number of nitrogens with zero attached hydrogens (tertiary/aromatic N) is 3. The Morgan fingerprint density at radius 1 is 1.08 bits per heavy atom. The molecule has 0 aliphatic carbocycles. The number of pyridine rings is 1. The van der Waals surface area contributed by atoms with Crippen LogP contribution >= 0.6 is 0 Å². The second-order valence-electron chi connectivity index (χ2n) is 9.82. The molecule has 0 bridgehead atoms. The van der Waals surface area contributed by atoms with Crippen molar-refractivity contribution in [1.82, 2.24) is 25.2 Å². The second kappa shape index (κ2) is 12.7. The number of aromatic nitrogens is 3. The van der Waals surface area contributed by atoms with Crippen LogP contribution in [0.5, 0.6) is 17.2 Å². The van der Waals surface area contributed by atoms with Crippen LogP contribution in [-0.4, -0.2) is 71.8 Å². The predicted octanol–water partition coefficient (Wildman–Crippen LogP) is 5.05. The van der Waals surface area contributed by atoms with Crippen molar-refractivity contribution in [3.8, 4) is 28.6 Å². The van der Waals surface area contributed by atoms with Crippen LogP contribution in [0.1, 0.15) is 36.5 Å². The molecule has 1 aliphatic heterocycles. The molecule has 2 N–H and O–H groups in total. The van der Waals surface area contributed by atoms with Crippen molar-refractivity contribution in [3.05, 3.63) is 66.4 Å². The number of benzene rings is 2. The largest absolute Gasteiger partial charge is 0.488 e.